The number of hydrogen-bond acceptors (Lipinski definition) is 1. The Bertz CT molecular complexity index is 764. The maximum atomic E-state index is 12.3. The molecule has 0 amide bonds. The molecule has 1 aliphatic carbocycles. The summed E-state index contributed by atoms with van der Waals surface area (Å²) in [5, 5.41) is 0.258. The zero-order chi connectivity index (χ0) is 13.4. The van der Waals surface area contributed by atoms with E-state index in [1.165, 1.54) is 0 Å². The molecule has 94 valence electrons. The van der Waals surface area contributed by atoms with Crippen LogP contribution in [0.3, 0.4) is 0 Å². The van der Waals surface area contributed by atoms with Gasteiger partial charge in [0.15, 0.2) is 0 Å². The zero-order valence-electron chi connectivity index (χ0n) is 9.81. The van der Waals surface area contributed by atoms with Crippen LogP contribution in [-0.4, -0.2) is 4.57 Å². The molecule has 0 fully saturated rings. The molecule has 2 nitrogen and oxygen atoms in total. The van der Waals surface area contributed by atoms with Crippen molar-refractivity contribution in [1.82, 2.24) is 4.57 Å². The number of nitrogens with zero attached hydrogens (tertiary/aromatic N) is 1. The van der Waals surface area contributed by atoms with Crippen LogP contribution in [0.2, 0.25) is 5.02 Å². The van der Waals surface area contributed by atoms with E-state index in [1.807, 2.05) is 54.6 Å². The molecule has 0 saturated heterocycles. The van der Waals surface area contributed by atoms with Crippen LogP contribution < -0.4 is 5.56 Å². The number of halogens is 2. The Hall–Kier alpha value is -1.58. The van der Waals surface area contributed by atoms with E-state index in [9.17, 15) is 4.79 Å². The summed E-state index contributed by atoms with van der Waals surface area (Å²) in [6, 6.07) is 17.0. The van der Waals surface area contributed by atoms with Crippen molar-refractivity contribution in [3.05, 3.63) is 74.4 Å². The van der Waals surface area contributed by atoms with Crippen molar-refractivity contribution in [2.24, 2.45) is 0 Å². The highest BCUT2D eigenvalue weighted by molar-refractivity contribution is 9.10. The molecule has 0 radical (unpaired) electrons. The van der Waals surface area contributed by atoms with Gasteiger partial charge >= 0.3 is 0 Å². The second-order valence-corrected chi connectivity index (χ2v) is 5.43. The monoisotopic (exact) mass is 333 g/mol. The van der Waals surface area contributed by atoms with E-state index in [0.717, 1.165) is 21.4 Å². The Morgan fingerprint density at radius 3 is 2.37 bits per heavy atom. The number of hydrogen-bond donors (Lipinski definition) is 0. The lowest BCUT2D eigenvalue weighted by Gasteiger charge is -2.05. The Kier molecular flexibility index (Phi) is 3.17. The number of benzene rings is 1. The summed E-state index contributed by atoms with van der Waals surface area (Å²) in [4.78, 5) is 12.3. The van der Waals surface area contributed by atoms with Crippen molar-refractivity contribution in [1.29, 1.82) is 0 Å². The van der Waals surface area contributed by atoms with E-state index in [4.69, 9.17) is 11.6 Å². The van der Waals surface area contributed by atoms with Crippen molar-refractivity contribution in [3.63, 3.8) is 0 Å². The van der Waals surface area contributed by atoms with Gasteiger partial charge in [0.05, 0.1) is 5.69 Å². The molecular formula is C15H9BrClNO. The fourth-order valence-corrected chi connectivity index (χ4v) is 2.60. The third-order valence-corrected chi connectivity index (χ3v) is 3.86. The summed E-state index contributed by atoms with van der Waals surface area (Å²) in [5.41, 5.74) is 2.18. The Balaban J connectivity index is 2.35. The van der Waals surface area contributed by atoms with Crippen LogP contribution in [-0.2, 0) is 0 Å². The van der Waals surface area contributed by atoms with Gasteiger partial charge < -0.3 is 0 Å². The topological polar surface area (TPSA) is 22.0 Å². The van der Waals surface area contributed by atoms with E-state index >= 15 is 0 Å². The summed E-state index contributed by atoms with van der Waals surface area (Å²) in [7, 11) is 0. The fourth-order valence-electron chi connectivity index (χ4n) is 2.09. The van der Waals surface area contributed by atoms with E-state index < -0.39 is 0 Å². The van der Waals surface area contributed by atoms with Crippen LogP contribution in [0.1, 0.15) is 0 Å². The fraction of sp³-hybridized carbons (Fsp3) is 0. The molecular weight excluding hydrogens is 326 g/mol. The quantitative estimate of drug-likeness (QED) is 0.648. The van der Waals surface area contributed by atoms with E-state index in [-0.39, 0.29) is 10.6 Å². The highest BCUT2D eigenvalue weighted by Gasteiger charge is 2.18. The van der Waals surface area contributed by atoms with Crippen LogP contribution >= 0.6 is 27.5 Å². The van der Waals surface area contributed by atoms with Crippen LogP contribution in [0.5, 0.6) is 0 Å². The number of rotatable bonds is 1. The average molecular weight is 335 g/mol. The summed E-state index contributed by atoms with van der Waals surface area (Å²) < 4.78 is 2.60. The van der Waals surface area contributed by atoms with E-state index in [1.54, 1.807) is 4.57 Å². The average Bonchev–Trinajstić information content (AvgIpc) is 2.61. The van der Waals surface area contributed by atoms with Crippen molar-refractivity contribution in [2.45, 2.75) is 0 Å². The minimum atomic E-state index is -0.190. The third kappa shape index (κ3) is 2.09. The van der Waals surface area contributed by atoms with Crippen molar-refractivity contribution in [3.8, 4) is 16.9 Å². The van der Waals surface area contributed by atoms with Crippen LogP contribution in [0.25, 0.3) is 16.9 Å². The first kappa shape index (κ1) is 12.5. The van der Waals surface area contributed by atoms with Gasteiger partial charge in [-0.05, 0) is 30.3 Å². The molecule has 0 atom stereocenters. The van der Waals surface area contributed by atoms with E-state index in [0.29, 0.717) is 0 Å². The van der Waals surface area contributed by atoms with Gasteiger partial charge in [0.2, 0.25) is 0 Å². The van der Waals surface area contributed by atoms with Crippen molar-refractivity contribution >= 4 is 27.5 Å². The summed E-state index contributed by atoms with van der Waals surface area (Å²) in [6.45, 7) is 0. The SMILES string of the molecule is O=c1c(Cl)c2cccccc-2n1-c1ccc(Br)cc1. The summed E-state index contributed by atoms with van der Waals surface area (Å²) in [6.07, 6.45) is 0. The third-order valence-electron chi connectivity index (χ3n) is 2.97. The highest BCUT2D eigenvalue weighted by atomic mass is 79.9. The molecule has 4 heteroatoms. The van der Waals surface area contributed by atoms with E-state index in [2.05, 4.69) is 15.9 Å². The lowest BCUT2D eigenvalue weighted by Crippen LogP contribution is -2.12. The Morgan fingerprint density at radius 1 is 0.947 bits per heavy atom. The molecule has 19 heavy (non-hydrogen) atoms. The smallest absolute Gasteiger partial charge is 0.275 e. The first-order chi connectivity index (χ1) is 9.18. The van der Waals surface area contributed by atoms with Crippen molar-refractivity contribution < 1.29 is 0 Å². The molecule has 0 bridgehead atoms. The zero-order valence-corrected chi connectivity index (χ0v) is 12.1. The van der Waals surface area contributed by atoms with Crippen molar-refractivity contribution in [2.75, 3.05) is 0 Å². The highest BCUT2D eigenvalue weighted by Crippen LogP contribution is 2.29. The predicted molar refractivity (Wildman–Crippen MR) is 81.4 cm³/mol. The van der Waals surface area contributed by atoms with Crippen LogP contribution in [0.15, 0.2) is 63.9 Å². The van der Waals surface area contributed by atoms with Gasteiger partial charge in [0.25, 0.3) is 5.56 Å². The maximum Gasteiger partial charge on any atom is 0.275 e. The lowest BCUT2D eigenvalue weighted by molar-refractivity contribution is 1.04. The largest absolute Gasteiger partial charge is 0.276 e. The molecule has 0 aromatic heterocycles. The molecule has 0 N–H and O–H groups in total. The second-order valence-electron chi connectivity index (χ2n) is 4.14. The molecule has 0 spiro atoms. The molecule has 3 rings (SSSR count). The molecule has 0 unspecified atom stereocenters. The van der Waals surface area contributed by atoms with Gasteiger partial charge in [-0.3, -0.25) is 9.36 Å². The molecule has 1 heterocycles. The summed E-state index contributed by atoms with van der Waals surface area (Å²) >= 11 is 9.53. The maximum absolute atomic E-state index is 12.3. The van der Waals surface area contributed by atoms with Gasteiger partial charge in [-0.15, -0.1) is 0 Å². The van der Waals surface area contributed by atoms with Gasteiger partial charge in [0.1, 0.15) is 5.02 Å². The molecule has 1 aliphatic heterocycles. The normalized spacial score (nSPS) is 10.8. The molecule has 1 aromatic rings. The minimum absolute atomic E-state index is 0.190. The first-order valence-corrected chi connectivity index (χ1v) is 6.91. The number of fused-ring (bicyclic) bond motifs is 1. The number of aromatic nitrogens is 1. The summed E-state index contributed by atoms with van der Waals surface area (Å²) in [5.74, 6) is 0. The standard InChI is InChI=1S/C15H9BrClNO/c16-10-6-8-11(9-7-10)18-13-5-3-1-2-4-12(13)14(17)15(18)19/h1-9H. The molecule has 2 aliphatic rings. The van der Waals surface area contributed by atoms with Crippen LogP contribution in [0.4, 0.5) is 0 Å². The Labute approximate surface area is 123 Å². The van der Waals surface area contributed by atoms with Gasteiger partial charge in [0, 0.05) is 15.7 Å². The van der Waals surface area contributed by atoms with Crippen LogP contribution in [0, 0.1) is 0 Å². The van der Waals surface area contributed by atoms with Gasteiger partial charge in [-0.2, -0.15) is 0 Å². The first-order valence-electron chi connectivity index (χ1n) is 5.73. The second kappa shape index (κ2) is 4.83. The molecule has 0 saturated carbocycles. The van der Waals surface area contributed by atoms with Gasteiger partial charge in [-0.25, -0.2) is 0 Å². The lowest BCUT2D eigenvalue weighted by atomic mass is 10.2. The molecule has 1 aromatic carbocycles. The predicted octanol–water partition coefficient (Wildman–Crippen LogP) is 4.36. The minimum Gasteiger partial charge on any atom is -0.276 e. The Morgan fingerprint density at radius 2 is 1.63 bits per heavy atom. The van der Waals surface area contributed by atoms with Gasteiger partial charge in [-0.1, -0.05) is 51.8 Å².